The van der Waals surface area contributed by atoms with Crippen molar-refractivity contribution in [3.05, 3.63) is 50.4 Å². The summed E-state index contributed by atoms with van der Waals surface area (Å²) in [6.07, 6.45) is -0.631. The summed E-state index contributed by atoms with van der Waals surface area (Å²) < 4.78 is 5.75. The summed E-state index contributed by atoms with van der Waals surface area (Å²) in [5.41, 5.74) is 3.66. The largest absolute Gasteiger partial charge is 0.383 e. The highest BCUT2D eigenvalue weighted by molar-refractivity contribution is 9.10. The summed E-state index contributed by atoms with van der Waals surface area (Å²) in [6.45, 7) is 0.584. The average molecular weight is 314 g/mol. The van der Waals surface area contributed by atoms with Crippen LogP contribution in [0.2, 0.25) is 0 Å². The van der Waals surface area contributed by atoms with Crippen molar-refractivity contribution in [3.63, 3.8) is 0 Å². The Bertz CT molecular complexity index is 484. The van der Waals surface area contributed by atoms with Crippen LogP contribution < -0.4 is 0 Å². The molecule has 0 saturated carbocycles. The number of aliphatic hydroxyl groups is 1. The molecular weight excluding hydrogens is 302 g/mol. The minimum atomic E-state index is -0.631. The molecule has 1 N–H and O–H groups in total. The van der Waals surface area contributed by atoms with E-state index in [1.54, 1.807) is 12.6 Å². The third-order valence-electron chi connectivity index (χ3n) is 2.40. The van der Waals surface area contributed by atoms with Crippen LogP contribution in [0.5, 0.6) is 0 Å². The zero-order valence-electron chi connectivity index (χ0n) is 9.26. The molecule has 1 atom stereocenters. The van der Waals surface area contributed by atoms with Gasteiger partial charge in [-0.1, -0.05) is 24.3 Å². The predicted octanol–water partition coefficient (Wildman–Crippen LogP) is 3.13. The Kier molecular flexibility index (Phi) is 4.28. The van der Waals surface area contributed by atoms with Crippen LogP contribution in [0.1, 0.15) is 22.1 Å². The Balaban J connectivity index is 2.20. The number of halogens is 1. The molecule has 0 spiro atoms. The number of ether oxygens (including phenoxy) is 1. The highest BCUT2D eigenvalue weighted by Crippen LogP contribution is 2.31. The SMILES string of the molecule is COCc1ccc(C(O)c2scnc2Br)cc1. The topological polar surface area (TPSA) is 42.4 Å². The van der Waals surface area contributed by atoms with E-state index in [-0.39, 0.29) is 0 Å². The molecule has 17 heavy (non-hydrogen) atoms. The van der Waals surface area contributed by atoms with Gasteiger partial charge in [-0.05, 0) is 27.1 Å². The number of rotatable bonds is 4. The number of aromatic nitrogens is 1. The molecule has 2 aromatic rings. The predicted molar refractivity (Wildman–Crippen MR) is 71.0 cm³/mol. The summed E-state index contributed by atoms with van der Waals surface area (Å²) in [5, 5.41) is 10.2. The lowest BCUT2D eigenvalue weighted by molar-refractivity contribution is 0.184. The fourth-order valence-corrected chi connectivity index (χ4v) is 2.95. The molecule has 0 bridgehead atoms. The van der Waals surface area contributed by atoms with Gasteiger partial charge in [-0.2, -0.15) is 0 Å². The standard InChI is InChI=1S/C12H12BrNO2S/c1-16-6-8-2-4-9(5-3-8)10(15)11-12(13)14-7-17-11/h2-5,7,10,15H,6H2,1H3. The Labute approximate surface area is 112 Å². The lowest BCUT2D eigenvalue weighted by Crippen LogP contribution is -1.98. The van der Waals surface area contributed by atoms with Crippen LogP contribution in [0.25, 0.3) is 0 Å². The van der Waals surface area contributed by atoms with Gasteiger partial charge in [0.15, 0.2) is 0 Å². The lowest BCUT2D eigenvalue weighted by atomic mass is 10.1. The second-order valence-electron chi connectivity index (χ2n) is 3.58. The number of nitrogens with zero attached hydrogens (tertiary/aromatic N) is 1. The molecule has 1 heterocycles. The Morgan fingerprint density at radius 1 is 1.41 bits per heavy atom. The molecule has 0 amide bonds. The van der Waals surface area contributed by atoms with Gasteiger partial charge >= 0.3 is 0 Å². The smallest absolute Gasteiger partial charge is 0.123 e. The van der Waals surface area contributed by atoms with E-state index in [1.807, 2.05) is 24.3 Å². The average Bonchev–Trinajstić information content (AvgIpc) is 2.76. The molecule has 0 fully saturated rings. The number of methoxy groups -OCH3 is 1. The molecule has 0 aliphatic rings. The summed E-state index contributed by atoms with van der Waals surface area (Å²) in [5.74, 6) is 0. The zero-order valence-corrected chi connectivity index (χ0v) is 11.7. The number of hydrogen-bond acceptors (Lipinski definition) is 4. The van der Waals surface area contributed by atoms with Gasteiger partial charge in [0.2, 0.25) is 0 Å². The minimum absolute atomic E-state index is 0.584. The second-order valence-corrected chi connectivity index (χ2v) is 5.22. The summed E-state index contributed by atoms with van der Waals surface area (Å²) >= 11 is 4.76. The van der Waals surface area contributed by atoms with Gasteiger partial charge in [0.25, 0.3) is 0 Å². The van der Waals surface area contributed by atoms with E-state index in [0.717, 1.165) is 16.0 Å². The lowest BCUT2D eigenvalue weighted by Gasteiger charge is -2.10. The van der Waals surface area contributed by atoms with E-state index in [9.17, 15) is 5.11 Å². The van der Waals surface area contributed by atoms with Gasteiger partial charge in [-0.15, -0.1) is 11.3 Å². The summed E-state index contributed by atoms with van der Waals surface area (Å²) in [4.78, 5) is 4.89. The van der Waals surface area contributed by atoms with Gasteiger partial charge in [-0.3, -0.25) is 0 Å². The van der Waals surface area contributed by atoms with Crippen LogP contribution in [-0.2, 0) is 11.3 Å². The molecule has 0 aliphatic heterocycles. The molecule has 5 heteroatoms. The molecule has 0 radical (unpaired) electrons. The van der Waals surface area contributed by atoms with Gasteiger partial charge in [0.05, 0.1) is 17.0 Å². The first kappa shape index (κ1) is 12.7. The van der Waals surface area contributed by atoms with E-state index in [4.69, 9.17) is 4.74 Å². The van der Waals surface area contributed by atoms with Gasteiger partial charge in [0, 0.05) is 7.11 Å². The van der Waals surface area contributed by atoms with Crippen LogP contribution in [-0.4, -0.2) is 17.2 Å². The third kappa shape index (κ3) is 2.93. The monoisotopic (exact) mass is 313 g/mol. The maximum atomic E-state index is 10.2. The molecule has 2 rings (SSSR count). The quantitative estimate of drug-likeness (QED) is 0.943. The maximum Gasteiger partial charge on any atom is 0.123 e. The fourth-order valence-electron chi connectivity index (χ4n) is 1.53. The fraction of sp³-hybridized carbons (Fsp3) is 0.250. The van der Waals surface area contributed by atoms with Crippen molar-refractivity contribution >= 4 is 27.3 Å². The van der Waals surface area contributed by atoms with Gasteiger partial charge in [-0.25, -0.2) is 4.98 Å². The molecule has 1 unspecified atom stereocenters. The first-order valence-corrected chi connectivity index (χ1v) is 6.74. The normalized spacial score (nSPS) is 12.6. The Hall–Kier alpha value is -0.750. The molecular formula is C12H12BrNO2S. The number of benzene rings is 1. The van der Waals surface area contributed by atoms with Crippen LogP contribution in [0.4, 0.5) is 0 Å². The third-order valence-corrected chi connectivity index (χ3v) is 4.18. The van der Waals surface area contributed by atoms with Crippen molar-refractivity contribution in [1.29, 1.82) is 0 Å². The summed E-state index contributed by atoms with van der Waals surface area (Å²) in [6, 6.07) is 7.73. The highest BCUT2D eigenvalue weighted by Gasteiger charge is 2.15. The van der Waals surface area contributed by atoms with Crippen molar-refractivity contribution < 1.29 is 9.84 Å². The van der Waals surface area contributed by atoms with E-state index in [2.05, 4.69) is 20.9 Å². The molecule has 90 valence electrons. The first-order valence-electron chi connectivity index (χ1n) is 5.07. The highest BCUT2D eigenvalue weighted by atomic mass is 79.9. The van der Waals surface area contributed by atoms with Crippen molar-refractivity contribution in [1.82, 2.24) is 4.98 Å². The minimum Gasteiger partial charge on any atom is -0.383 e. The summed E-state index contributed by atoms with van der Waals surface area (Å²) in [7, 11) is 1.66. The van der Waals surface area contributed by atoms with Crippen LogP contribution in [0, 0.1) is 0 Å². The first-order chi connectivity index (χ1) is 8.22. The van der Waals surface area contributed by atoms with Crippen molar-refractivity contribution in [2.45, 2.75) is 12.7 Å². The zero-order chi connectivity index (χ0) is 12.3. The van der Waals surface area contributed by atoms with Gasteiger partial charge < -0.3 is 9.84 Å². The van der Waals surface area contributed by atoms with Crippen LogP contribution in [0.3, 0.4) is 0 Å². The van der Waals surface area contributed by atoms with Crippen molar-refractivity contribution in [2.24, 2.45) is 0 Å². The van der Waals surface area contributed by atoms with E-state index >= 15 is 0 Å². The number of hydrogen-bond donors (Lipinski definition) is 1. The molecule has 1 aromatic heterocycles. The Morgan fingerprint density at radius 2 is 2.12 bits per heavy atom. The molecule has 0 saturated heterocycles. The Morgan fingerprint density at radius 3 is 2.65 bits per heavy atom. The van der Waals surface area contributed by atoms with Crippen molar-refractivity contribution in [3.8, 4) is 0 Å². The van der Waals surface area contributed by atoms with E-state index < -0.39 is 6.10 Å². The van der Waals surface area contributed by atoms with E-state index in [1.165, 1.54) is 11.3 Å². The maximum absolute atomic E-state index is 10.2. The second kappa shape index (κ2) is 5.73. The molecule has 1 aromatic carbocycles. The van der Waals surface area contributed by atoms with E-state index in [0.29, 0.717) is 11.2 Å². The number of aliphatic hydroxyl groups excluding tert-OH is 1. The van der Waals surface area contributed by atoms with Gasteiger partial charge in [0.1, 0.15) is 10.7 Å². The number of thiazole rings is 1. The van der Waals surface area contributed by atoms with Crippen LogP contribution >= 0.6 is 27.3 Å². The molecule has 0 aliphatic carbocycles. The van der Waals surface area contributed by atoms with Crippen molar-refractivity contribution in [2.75, 3.05) is 7.11 Å². The van der Waals surface area contributed by atoms with Crippen LogP contribution in [0.15, 0.2) is 34.4 Å². The molecule has 3 nitrogen and oxygen atoms in total.